The molecule has 0 aromatic carbocycles. The lowest BCUT2D eigenvalue weighted by molar-refractivity contribution is -0.149. The highest BCUT2D eigenvalue weighted by Crippen LogP contribution is 2.35. The van der Waals surface area contributed by atoms with Gasteiger partial charge in [0.1, 0.15) is 0 Å². The lowest BCUT2D eigenvalue weighted by atomic mass is 10.00. The minimum atomic E-state index is -0.670. The number of nitrogens with two attached hydrogens (primary N) is 1. The van der Waals surface area contributed by atoms with Crippen LogP contribution in [0.25, 0.3) is 0 Å². The molecule has 18 heavy (non-hydrogen) atoms. The van der Waals surface area contributed by atoms with E-state index in [1.807, 2.05) is 0 Å². The Hall–Kier alpha value is -1.21. The Labute approximate surface area is 111 Å². The molecule has 2 rings (SSSR count). The molecule has 2 heterocycles. The second-order valence-electron chi connectivity index (χ2n) is 4.87. The summed E-state index contributed by atoms with van der Waals surface area (Å²) in [4.78, 5) is 25.5. The van der Waals surface area contributed by atoms with E-state index in [1.165, 1.54) is 0 Å². The first-order valence-corrected chi connectivity index (χ1v) is 6.46. The first kappa shape index (κ1) is 13.2. The fraction of sp³-hybridized carbons (Fsp3) is 0.727. The molecule has 2 bridgehead atoms. The topological polar surface area (TPSA) is 95.7 Å². The SMILES string of the molecule is NC(=S)CNC(=O)C(=O)N1C2CCC1CC(O)C2. The fourth-order valence-electron chi connectivity index (χ4n) is 2.84. The molecule has 6 nitrogen and oxygen atoms in total. The average Bonchev–Trinajstić information content (AvgIpc) is 2.57. The van der Waals surface area contributed by atoms with E-state index in [2.05, 4.69) is 17.5 Å². The van der Waals surface area contributed by atoms with Gasteiger partial charge in [0.05, 0.1) is 17.6 Å². The van der Waals surface area contributed by atoms with Crippen LogP contribution in [0, 0.1) is 0 Å². The summed E-state index contributed by atoms with van der Waals surface area (Å²) in [6.45, 7) is 0.0334. The van der Waals surface area contributed by atoms with E-state index < -0.39 is 11.8 Å². The molecule has 0 aromatic heterocycles. The van der Waals surface area contributed by atoms with Gasteiger partial charge in [0, 0.05) is 12.1 Å². The fourth-order valence-corrected chi connectivity index (χ4v) is 2.91. The zero-order valence-corrected chi connectivity index (χ0v) is 10.8. The maximum absolute atomic E-state index is 12.0. The minimum Gasteiger partial charge on any atom is -0.393 e. The maximum Gasteiger partial charge on any atom is 0.312 e. The van der Waals surface area contributed by atoms with Crippen molar-refractivity contribution in [3.8, 4) is 0 Å². The van der Waals surface area contributed by atoms with Crippen molar-refractivity contribution >= 4 is 29.0 Å². The molecule has 0 saturated carbocycles. The number of hydrogen-bond donors (Lipinski definition) is 3. The Balaban J connectivity index is 1.97. The highest BCUT2D eigenvalue weighted by Gasteiger charge is 2.44. The van der Waals surface area contributed by atoms with Gasteiger partial charge in [-0.05, 0) is 25.7 Å². The number of rotatable bonds is 2. The Morgan fingerprint density at radius 1 is 1.33 bits per heavy atom. The zero-order chi connectivity index (χ0) is 13.3. The first-order chi connectivity index (χ1) is 8.49. The van der Waals surface area contributed by atoms with Gasteiger partial charge in [-0.3, -0.25) is 9.59 Å². The molecule has 0 spiro atoms. The Kier molecular flexibility index (Phi) is 3.82. The van der Waals surface area contributed by atoms with Gasteiger partial charge >= 0.3 is 11.8 Å². The number of piperidine rings is 1. The van der Waals surface area contributed by atoms with Gasteiger partial charge in [0.25, 0.3) is 0 Å². The van der Waals surface area contributed by atoms with Crippen LogP contribution in [0.1, 0.15) is 25.7 Å². The Bertz CT molecular complexity index is 374. The number of nitrogens with zero attached hydrogens (tertiary/aromatic N) is 1. The number of thiocarbonyl (C=S) groups is 1. The second kappa shape index (κ2) is 5.19. The van der Waals surface area contributed by atoms with Crippen LogP contribution in [0.15, 0.2) is 0 Å². The van der Waals surface area contributed by atoms with Crippen molar-refractivity contribution in [2.75, 3.05) is 6.54 Å². The van der Waals surface area contributed by atoms with Gasteiger partial charge in [-0.2, -0.15) is 0 Å². The van der Waals surface area contributed by atoms with Gasteiger partial charge in [-0.15, -0.1) is 0 Å². The number of aliphatic hydroxyl groups is 1. The van der Waals surface area contributed by atoms with Crippen LogP contribution in [0.4, 0.5) is 0 Å². The van der Waals surface area contributed by atoms with Crippen molar-refractivity contribution in [1.82, 2.24) is 10.2 Å². The smallest absolute Gasteiger partial charge is 0.312 e. The highest BCUT2D eigenvalue weighted by atomic mass is 32.1. The molecule has 2 amide bonds. The van der Waals surface area contributed by atoms with Crippen molar-refractivity contribution in [3.05, 3.63) is 0 Å². The van der Waals surface area contributed by atoms with Crippen molar-refractivity contribution < 1.29 is 14.7 Å². The van der Waals surface area contributed by atoms with Gasteiger partial charge in [0.2, 0.25) is 0 Å². The molecule has 100 valence electrons. The van der Waals surface area contributed by atoms with E-state index in [4.69, 9.17) is 5.73 Å². The van der Waals surface area contributed by atoms with E-state index in [1.54, 1.807) is 4.90 Å². The van der Waals surface area contributed by atoms with Crippen LogP contribution >= 0.6 is 12.2 Å². The summed E-state index contributed by atoms with van der Waals surface area (Å²) >= 11 is 4.64. The van der Waals surface area contributed by atoms with Gasteiger partial charge in [-0.1, -0.05) is 12.2 Å². The average molecular weight is 271 g/mol. The van der Waals surface area contributed by atoms with Crippen molar-refractivity contribution in [2.45, 2.75) is 43.9 Å². The minimum absolute atomic E-state index is 0.0122. The summed E-state index contributed by atoms with van der Waals surface area (Å²) in [7, 11) is 0. The summed E-state index contributed by atoms with van der Waals surface area (Å²) in [5, 5.41) is 12.0. The standard InChI is InChI=1S/C11H17N3O3S/c12-9(18)5-13-10(16)11(17)14-6-1-2-7(14)4-8(15)3-6/h6-8,15H,1-5H2,(H2,12,18)(H,13,16). The van der Waals surface area contributed by atoms with Crippen LogP contribution in [0.3, 0.4) is 0 Å². The van der Waals surface area contributed by atoms with Crippen LogP contribution in [0.5, 0.6) is 0 Å². The molecule has 2 saturated heterocycles. The van der Waals surface area contributed by atoms with E-state index in [0.29, 0.717) is 12.8 Å². The molecule has 0 aromatic rings. The summed E-state index contributed by atoms with van der Waals surface area (Å²) in [6.07, 6.45) is 2.48. The van der Waals surface area contributed by atoms with E-state index in [-0.39, 0.29) is 29.7 Å². The largest absolute Gasteiger partial charge is 0.393 e. The number of nitrogens with one attached hydrogen (secondary N) is 1. The Morgan fingerprint density at radius 3 is 2.39 bits per heavy atom. The molecule has 0 aliphatic carbocycles. The molecular weight excluding hydrogens is 254 g/mol. The van der Waals surface area contributed by atoms with Gasteiger partial charge < -0.3 is 21.1 Å². The third-order valence-electron chi connectivity index (χ3n) is 3.56. The lowest BCUT2D eigenvalue weighted by Crippen LogP contribution is -2.53. The van der Waals surface area contributed by atoms with Crippen LogP contribution in [-0.2, 0) is 9.59 Å². The number of aliphatic hydroxyl groups excluding tert-OH is 1. The summed E-state index contributed by atoms with van der Waals surface area (Å²) in [6, 6.07) is -0.0244. The van der Waals surface area contributed by atoms with E-state index in [9.17, 15) is 14.7 Å². The number of carbonyl (C=O) groups excluding carboxylic acids is 2. The third kappa shape index (κ3) is 2.62. The monoisotopic (exact) mass is 271 g/mol. The van der Waals surface area contributed by atoms with Gasteiger partial charge in [-0.25, -0.2) is 0 Å². The van der Waals surface area contributed by atoms with E-state index in [0.717, 1.165) is 12.8 Å². The quantitative estimate of drug-likeness (QED) is 0.438. The normalized spacial score (nSPS) is 30.1. The predicted molar refractivity (Wildman–Crippen MR) is 68.7 cm³/mol. The molecule has 2 fully saturated rings. The summed E-state index contributed by atoms with van der Waals surface area (Å²) < 4.78 is 0. The molecule has 2 atom stereocenters. The number of carbonyl (C=O) groups is 2. The highest BCUT2D eigenvalue weighted by molar-refractivity contribution is 7.80. The third-order valence-corrected chi connectivity index (χ3v) is 3.70. The first-order valence-electron chi connectivity index (χ1n) is 6.06. The zero-order valence-electron chi connectivity index (χ0n) is 9.96. The van der Waals surface area contributed by atoms with Crippen molar-refractivity contribution in [3.63, 3.8) is 0 Å². The molecule has 2 unspecified atom stereocenters. The van der Waals surface area contributed by atoms with Crippen LogP contribution < -0.4 is 11.1 Å². The molecule has 2 aliphatic heterocycles. The maximum atomic E-state index is 12.0. The number of amides is 2. The lowest BCUT2D eigenvalue weighted by Gasteiger charge is -2.36. The number of hydrogen-bond acceptors (Lipinski definition) is 4. The summed E-state index contributed by atoms with van der Waals surface area (Å²) in [5.74, 6) is -1.21. The number of fused-ring (bicyclic) bond motifs is 2. The Morgan fingerprint density at radius 2 is 1.89 bits per heavy atom. The van der Waals surface area contributed by atoms with Crippen LogP contribution in [0.2, 0.25) is 0 Å². The van der Waals surface area contributed by atoms with Crippen molar-refractivity contribution in [2.24, 2.45) is 5.73 Å². The van der Waals surface area contributed by atoms with Crippen LogP contribution in [-0.4, -0.2) is 51.5 Å². The van der Waals surface area contributed by atoms with Gasteiger partial charge in [0.15, 0.2) is 0 Å². The molecular formula is C11H17N3O3S. The summed E-state index contributed by atoms with van der Waals surface area (Å²) in [5.41, 5.74) is 5.26. The van der Waals surface area contributed by atoms with E-state index >= 15 is 0 Å². The van der Waals surface area contributed by atoms with Crippen molar-refractivity contribution in [1.29, 1.82) is 0 Å². The molecule has 2 aliphatic rings. The molecule has 0 radical (unpaired) electrons. The molecule has 4 N–H and O–H groups in total. The predicted octanol–water partition coefficient (Wildman–Crippen LogP) is -1.10. The molecule has 7 heteroatoms. The second-order valence-corrected chi connectivity index (χ2v) is 5.40.